The fourth-order valence-corrected chi connectivity index (χ4v) is 3.20. The highest BCUT2D eigenvalue weighted by molar-refractivity contribution is 14.0. The van der Waals surface area contributed by atoms with Gasteiger partial charge in [0.2, 0.25) is 5.91 Å². The zero-order valence-electron chi connectivity index (χ0n) is 17.2. The normalized spacial score (nSPS) is 16.7. The third-order valence-electron chi connectivity index (χ3n) is 4.77. The van der Waals surface area contributed by atoms with Crippen molar-refractivity contribution in [2.75, 3.05) is 45.2 Å². The average Bonchev–Trinajstić information content (AvgIpc) is 3.11. The number of likely N-dealkylation sites (tertiary alicyclic amines) is 1. The van der Waals surface area contributed by atoms with Gasteiger partial charge in [-0.1, -0.05) is 19.9 Å². The number of amides is 1. The second-order valence-corrected chi connectivity index (χ2v) is 7.32. The van der Waals surface area contributed by atoms with E-state index in [1.165, 1.54) is 12.1 Å². The molecular weight excluding hydrogens is 472 g/mol. The minimum absolute atomic E-state index is 0. The molecule has 1 aliphatic rings. The topological polar surface area (TPSA) is 60.0 Å². The molecule has 8 heteroatoms. The molecule has 6 nitrogen and oxygen atoms in total. The van der Waals surface area contributed by atoms with Gasteiger partial charge in [0.15, 0.2) is 5.96 Å². The SMILES string of the molecule is CN=C(NCCCN(C)c1cccc(F)c1)NC1CCN(C(=O)C(C)C)C1.I. The molecule has 0 radical (unpaired) electrons. The summed E-state index contributed by atoms with van der Waals surface area (Å²) in [5.74, 6) is 0.787. The number of aliphatic imine (C=N–C) groups is 1. The minimum atomic E-state index is -0.219. The average molecular weight is 505 g/mol. The number of hydrogen-bond acceptors (Lipinski definition) is 3. The summed E-state index contributed by atoms with van der Waals surface area (Å²) in [6.07, 6.45) is 1.83. The van der Waals surface area contributed by atoms with Crippen molar-refractivity contribution >= 4 is 41.5 Å². The Bertz CT molecular complexity index is 655. The highest BCUT2D eigenvalue weighted by atomic mass is 127. The van der Waals surface area contributed by atoms with Crippen LogP contribution in [0.5, 0.6) is 0 Å². The summed E-state index contributed by atoms with van der Waals surface area (Å²) >= 11 is 0. The van der Waals surface area contributed by atoms with Gasteiger partial charge in [0.25, 0.3) is 0 Å². The van der Waals surface area contributed by atoms with Crippen LogP contribution in [0.1, 0.15) is 26.7 Å². The number of guanidine groups is 1. The molecule has 1 heterocycles. The molecule has 1 aliphatic heterocycles. The Morgan fingerprint density at radius 1 is 1.43 bits per heavy atom. The van der Waals surface area contributed by atoms with E-state index in [0.29, 0.717) is 0 Å². The van der Waals surface area contributed by atoms with Crippen molar-refractivity contribution in [3.8, 4) is 0 Å². The Hall–Kier alpha value is -1.58. The lowest BCUT2D eigenvalue weighted by Crippen LogP contribution is -2.45. The first kappa shape index (κ1) is 24.5. The van der Waals surface area contributed by atoms with Crippen molar-refractivity contribution in [2.45, 2.75) is 32.7 Å². The van der Waals surface area contributed by atoms with Crippen molar-refractivity contribution in [2.24, 2.45) is 10.9 Å². The molecule has 0 saturated carbocycles. The number of carbonyl (C=O) groups excluding carboxylic acids is 1. The van der Waals surface area contributed by atoms with Gasteiger partial charge in [0.1, 0.15) is 5.82 Å². The third-order valence-corrected chi connectivity index (χ3v) is 4.77. The minimum Gasteiger partial charge on any atom is -0.374 e. The molecule has 158 valence electrons. The van der Waals surface area contributed by atoms with Gasteiger partial charge in [-0.05, 0) is 31.0 Å². The summed E-state index contributed by atoms with van der Waals surface area (Å²) in [6, 6.07) is 6.85. The Labute approximate surface area is 185 Å². The van der Waals surface area contributed by atoms with E-state index in [1.54, 1.807) is 13.1 Å². The van der Waals surface area contributed by atoms with Crippen LogP contribution >= 0.6 is 24.0 Å². The Morgan fingerprint density at radius 2 is 2.18 bits per heavy atom. The molecule has 1 aromatic carbocycles. The van der Waals surface area contributed by atoms with Crippen LogP contribution in [0.25, 0.3) is 0 Å². The second-order valence-electron chi connectivity index (χ2n) is 7.32. The summed E-state index contributed by atoms with van der Waals surface area (Å²) in [7, 11) is 3.71. The van der Waals surface area contributed by atoms with Crippen molar-refractivity contribution in [3.05, 3.63) is 30.1 Å². The molecule has 0 bridgehead atoms. The van der Waals surface area contributed by atoms with Crippen LogP contribution in [0.15, 0.2) is 29.3 Å². The van der Waals surface area contributed by atoms with Gasteiger partial charge in [-0.25, -0.2) is 4.39 Å². The number of nitrogens with zero attached hydrogens (tertiary/aromatic N) is 3. The molecular formula is C20H33FIN5O. The van der Waals surface area contributed by atoms with Gasteiger partial charge >= 0.3 is 0 Å². The van der Waals surface area contributed by atoms with Gasteiger partial charge in [-0.2, -0.15) is 0 Å². The number of hydrogen-bond donors (Lipinski definition) is 2. The van der Waals surface area contributed by atoms with Crippen LogP contribution in [0, 0.1) is 11.7 Å². The fraction of sp³-hybridized carbons (Fsp3) is 0.600. The first-order valence-corrected chi connectivity index (χ1v) is 9.63. The van der Waals surface area contributed by atoms with Gasteiger partial charge in [0.05, 0.1) is 0 Å². The fourth-order valence-electron chi connectivity index (χ4n) is 3.20. The maximum absolute atomic E-state index is 13.3. The molecule has 2 N–H and O–H groups in total. The van der Waals surface area contributed by atoms with Gasteiger partial charge < -0.3 is 20.4 Å². The van der Waals surface area contributed by atoms with E-state index >= 15 is 0 Å². The molecule has 1 amide bonds. The molecule has 0 spiro atoms. The summed E-state index contributed by atoms with van der Waals surface area (Å²) in [5.41, 5.74) is 0.873. The number of anilines is 1. The molecule has 1 aromatic rings. The molecule has 1 atom stereocenters. The van der Waals surface area contributed by atoms with Crippen molar-refractivity contribution in [1.82, 2.24) is 15.5 Å². The van der Waals surface area contributed by atoms with Crippen LogP contribution in [-0.2, 0) is 4.79 Å². The summed E-state index contributed by atoms with van der Waals surface area (Å²) in [5, 5.41) is 6.71. The van der Waals surface area contributed by atoms with E-state index in [1.807, 2.05) is 36.8 Å². The largest absolute Gasteiger partial charge is 0.374 e. The number of nitrogens with one attached hydrogen (secondary N) is 2. The standard InChI is InChI=1S/C20H32FN5O.HI/c1-15(2)19(27)26-12-9-17(14-26)24-20(22-3)23-10-6-11-25(4)18-8-5-7-16(21)13-18;/h5,7-8,13,15,17H,6,9-12,14H2,1-4H3,(H2,22,23,24);1H. The molecule has 28 heavy (non-hydrogen) atoms. The number of halogens is 2. The first-order chi connectivity index (χ1) is 12.9. The Kier molecular flexibility index (Phi) is 10.6. The molecule has 1 fully saturated rings. The van der Waals surface area contributed by atoms with Crippen LogP contribution in [0.4, 0.5) is 10.1 Å². The highest BCUT2D eigenvalue weighted by Crippen LogP contribution is 2.14. The number of rotatable bonds is 7. The van der Waals surface area contributed by atoms with Crippen LogP contribution in [0.2, 0.25) is 0 Å². The lowest BCUT2D eigenvalue weighted by Gasteiger charge is -2.21. The van der Waals surface area contributed by atoms with Gasteiger partial charge in [-0.15, -0.1) is 24.0 Å². The predicted molar refractivity (Wildman–Crippen MR) is 124 cm³/mol. The zero-order valence-corrected chi connectivity index (χ0v) is 19.6. The molecule has 1 unspecified atom stereocenters. The van der Waals surface area contributed by atoms with Gasteiger partial charge in [-0.3, -0.25) is 9.79 Å². The smallest absolute Gasteiger partial charge is 0.225 e. The van der Waals surface area contributed by atoms with Crippen molar-refractivity contribution in [3.63, 3.8) is 0 Å². The van der Waals surface area contributed by atoms with Crippen LogP contribution in [0.3, 0.4) is 0 Å². The summed E-state index contributed by atoms with van der Waals surface area (Å²) < 4.78 is 13.3. The summed E-state index contributed by atoms with van der Waals surface area (Å²) in [4.78, 5) is 20.3. The van der Waals surface area contributed by atoms with E-state index < -0.39 is 0 Å². The lowest BCUT2D eigenvalue weighted by molar-refractivity contribution is -0.133. The number of benzene rings is 1. The zero-order chi connectivity index (χ0) is 19.8. The lowest BCUT2D eigenvalue weighted by atomic mass is 10.2. The highest BCUT2D eigenvalue weighted by Gasteiger charge is 2.27. The molecule has 2 rings (SSSR count). The van der Waals surface area contributed by atoms with Crippen LogP contribution < -0.4 is 15.5 Å². The Morgan fingerprint density at radius 3 is 2.82 bits per heavy atom. The van der Waals surface area contributed by atoms with E-state index in [-0.39, 0.29) is 47.7 Å². The van der Waals surface area contributed by atoms with Crippen LogP contribution in [-0.4, -0.2) is 63.1 Å². The molecule has 0 aromatic heterocycles. The maximum atomic E-state index is 13.3. The molecule has 0 aliphatic carbocycles. The predicted octanol–water partition coefficient (Wildman–Crippen LogP) is 2.69. The third kappa shape index (κ3) is 7.44. The van der Waals surface area contributed by atoms with Crippen molar-refractivity contribution < 1.29 is 9.18 Å². The second kappa shape index (κ2) is 12.1. The van der Waals surface area contributed by atoms with E-state index in [4.69, 9.17) is 0 Å². The monoisotopic (exact) mass is 505 g/mol. The van der Waals surface area contributed by atoms with E-state index in [0.717, 1.165) is 50.7 Å². The molecule has 1 saturated heterocycles. The number of carbonyl (C=O) groups is 1. The quantitative estimate of drug-likeness (QED) is 0.259. The Balaban J connectivity index is 0.00000392. The van der Waals surface area contributed by atoms with E-state index in [9.17, 15) is 9.18 Å². The van der Waals surface area contributed by atoms with Crippen molar-refractivity contribution in [1.29, 1.82) is 0 Å². The first-order valence-electron chi connectivity index (χ1n) is 9.63. The maximum Gasteiger partial charge on any atom is 0.225 e. The summed E-state index contributed by atoms with van der Waals surface area (Å²) in [6.45, 7) is 6.97. The van der Waals surface area contributed by atoms with Gasteiger partial charge in [0, 0.05) is 57.9 Å². The van der Waals surface area contributed by atoms with E-state index in [2.05, 4.69) is 15.6 Å².